The van der Waals surface area contributed by atoms with Gasteiger partial charge in [0.15, 0.2) is 0 Å². The van der Waals surface area contributed by atoms with E-state index >= 15 is 0 Å². The summed E-state index contributed by atoms with van der Waals surface area (Å²) in [6, 6.07) is 1.77. The molecule has 2 heterocycles. The van der Waals surface area contributed by atoms with Gasteiger partial charge in [0.1, 0.15) is 11.6 Å². The highest BCUT2D eigenvalue weighted by Crippen LogP contribution is 2.20. The molecule has 2 N–H and O–H groups in total. The van der Waals surface area contributed by atoms with Crippen molar-refractivity contribution >= 4 is 19.6 Å². The lowest BCUT2D eigenvalue weighted by molar-refractivity contribution is 0.698. The maximum atomic E-state index is 5.58. The lowest BCUT2D eigenvalue weighted by Gasteiger charge is -2.06. The van der Waals surface area contributed by atoms with Gasteiger partial charge in [0.2, 0.25) is 7.98 Å². The highest BCUT2D eigenvalue weighted by Gasteiger charge is 2.15. The van der Waals surface area contributed by atoms with E-state index in [1.807, 2.05) is 0 Å². The van der Waals surface area contributed by atoms with Gasteiger partial charge in [-0.1, -0.05) is 0 Å². The molecule has 0 spiro atoms. The summed E-state index contributed by atoms with van der Waals surface area (Å²) >= 11 is 0. The first-order valence-corrected chi connectivity index (χ1v) is 3.13. The van der Waals surface area contributed by atoms with Crippen LogP contribution < -0.4 is 10.5 Å². The maximum Gasteiger partial charge on any atom is 0.228 e. The van der Waals surface area contributed by atoms with E-state index in [0.717, 1.165) is 18.9 Å². The number of hydrogen-bond acceptors (Lipinski definition) is 3. The van der Waals surface area contributed by atoms with E-state index in [1.165, 1.54) is 0 Å². The van der Waals surface area contributed by atoms with Crippen LogP contribution in [0.1, 0.15) is 0 Å². The van der Waals surface area contributed by atoms with Crippen molar-refractivity contribution in [2.24, 2.45) is 0 Å². The highest BCUT2D eigenvalue weighted by molar-refractivity contribution is 6.17. The molecule has 1 aliphatic rings. The summed E-state index contributed by atoms with van der Waals surface area (Å²) in [5, 5.41) is 4.01. The largest absolute Gasteiger partial charge is 0.409 e. The number of anilines is 2. The number of nitrogens with zero attached hydrogens (tertiary/aromatic N) is 3. The molecule has 0 atom stereocenters. The van der Waals surface area contributed by atoms with Crippen LogP contribution in [0.2, 0.25) is 0 Å². The summed E-state index contributed by atoms with van der Waals surface area (Å²) in [5.74, 6) is 1.43. The van der Waals surface area contributed by atoms with Gasteiger partial charge in [0.25, 0.3) is 0 Å². The monoisotopic (exact) mass is 134 g/mol. The van der Waals surface area contributed by atoms with Crippen molar-refractivity contribution in [3.63, 3.8) is 0 Å². The Kier molecular flexibility index (Phi) is 0.949. The molecular formula is C5H7BN4. The molecule has 0 aliphatic carbocycles. The second kappa shape index (κ2) is 1.68. The minimum absolute atomic E-state index is 0.533. The molecule has 0 amide bonds. The highest BCUT2D eigenvalue weighted by atomic mass is 15.4. The number of hydrogen-bond donors (Lipinski definition) is 1. The number of fused-ring (bicyclic) bond motifs is 1. The Morgan fingerprint density at radius 3 is 3.10 bits per heavy atom. The van der Waals surface area contributed by atoms with E-state index in [0.29, 0.717) is 5.82 Å². The van der Waals surface area contributed by atoms with E-state index < -0.39 is 0 Å². The fraction of sp³-hybridized carbons (Fsp3) is 0.400. The lowest BCUT2D eigenvalue weighted by Crippen LogP contribution is -2.14. The maximum absolute atomic E-state index is 5.58. The van der Waals surface area contributed by atoms with Crippen LogP contribution in [0.15, 0.2) is 6.07 Å². The molecule has 0 aromatic carbocycles. The Morgan fingerprint density at radius 1 is 1.60 bits per heavy atom. The van der Waals surface area contributed by atoms with Crippen LogP contribution in [-0.4, -0.2) is 24.3 Å². The molecule has 0 saturated carbocycles. The van der Waals surface area contributed by atoms with Gasteiger partial charge in [0, 0.05) is 12.6 Å². The summed E-state index contributed by atoms with van der Waals surface area (Å²) in [4.78, 5) is 1.64. The summed E-state index contributed by atoms with van der Waals surface area (Å²) in [5.41, 5.74) is 5.44. The first-order chi connectivity index (χ1) is 4.77. The molecule has 2 rings (SSSR count). The zero-order chi connectivity index (χ0) is 7.14. The molecule has 2 radical (unpaired) electrons. The zero-order valence-corrected chi connectivity index (χ0v) is 5.49. The smallest absolute Gasteiger partial charge is 0.228 e. The van der Waals surface area contributed by atoms with Gasteiger partial charge in [0.05, 0.1) is 6.54 Å². The molecule has 1 aliphatic heterocycles. The van der Waals surface area contributed by atoms with Crippen LogP contribution in [0.4, 0.5) is 11.6 Å². The first-order valence-electron chi connectivity index (χ1n) is 3.13. The normalized spacial score (nSPS) is 15.8. The Labute approximate surface area is 60.0 Å². The molecule has 4 nitrogen and oxygen atoms in total. The molecule has 0 bridgehead atoms. The molecule has 50 valence electrons. The zero-order valence-electron chi connectivity index (χ0n) is 5.49. The Hall–Kier alpha value is -1.13. The Balaban J connectivity index is 2.49. The van der Waals surface area contributed by atoms with Crippen molar-refractivity contribution in [2.75, 3.05) is 17.1 Å². The van der Waals surface area contributed by atoms with Crippen LogP contribution >= 0.6 is 0 Å². The molecule has 1 aromatic heterocycles. The minimum atomic E-state index is 0.533. The van der Waals surface area contributed by atoms with E-state index in [9.17, 15) is 0 Å². The number of nitrogens with two attached hydrogens (primary N) is 1. The van der Waals surface area contributed by atoms with Crippen molar-refractivity contribution in [1.82, 2.24) is 9.78 Å². The molecule has 0 unspecified atom stereocenters. The predicted octanol–water partition coefficient (Wildman–Crippen LogP) is -0.631. The topological polar surface area (TPSA) is 47.1 Å². The standard InChI is InChI=1S/C5H7BN4/c6-9-1-2-10-5(9)3-4(7)8-10/h3H,1-2H2,(H2,7,8). The second-order valence-corrected chi connectivity index (χ2v) is 2.34. The second-order valence-electron chi connectivity index (χ2n) is 2.34. The molecule has 0 saturated heterocycles. The summed E-state index contributed by atoms with van der Waals surface area (Å²) in [7, 11) is 5.58. The fourth-order valence-electron chi connectivity index (χ4n) is 1.14. The number of aromatic nitrogens is 2. The lowest BCUT2D eigenvalue weighted by atomic mass is 10.3. The van der Waals surface area contributed by atoms with Gasteiger partial charge in [-0.25, -0.2) is 4.68 Å². The third-order valence-corrected chi connectivity index (χ3v) is 1.62. The Morgan fingerprint density at radius 2 is 2.40 bits per heavy atom. The van der Waals surface area contributed by atoms with E-state index in [-0.39, 0.29) is 0 Å². The van der Waals surface area contributed by atoms with E-state index in [1.54, 1.807) is 15.6 Å². The minimum Gasteiger partial charge on any atom is -0.409 e. The van der Waals surface area contributed by atoms with Crippen molar-refractivity contribution in [3.8, 4) is 0 Å². The van der Waals surface area contributed by atoms with Crippen molar-refractivity contribution in [2.45, 2.75) is 6.54 Å². The van der Waals surface area contributed by atoms with Gasteiger partial charge >= 0.3 is 0 Å². The van der Waals surface area contributed by atoms with Crippen LogP contribution in [-0.2, 0) is 6.54 Å². The van der Waals surface area contributed by atoms with Gasteiger partial charge in [-0.15, -0.1) is 0 Å². The van der Waals surface area contributed by atoms with Crippen LogP contribution in [0.5, 0.6) is 0 Å². The summed E-state index contributed by atoms with van der Waals surface area (Å²) in [6.07, 6.45) is 0. The first kappa shape index (κ1) is 5.64. The Bertz CT molecular complexity index is 256. The van der Waals surface area contributed by atoms with E-state index in [2.05, 4.69) is 5.10 Å². The summed E-state index contributed by atoms with van der Waals surface area (Å²) in [6.45, 7) is 1.66. The molecule has 0 fully saturated rings. The van der Waals surface area contributed by atoms with Gasteiger partial charge < -0.3 is 10.5 Å². The molecular weight excluding hydrogens is 127 g/mol. The average molecular weight is 134 g/mol. The van der Waals surface area contributed by atoms with Crippen molar-refractivity contribution < 1.29 is 0 Å². The quantitative estimate of drug-likeness (QED) is 0.480. The van der Waals surface area contributed by atoms with Gasteiger partial charge in [-0.05, 0) is 0 Å². The summed E-state index contributed by atoms with van der Waals surface area (Å²) < 4.78 is 1.80. The molecule has 10 heavy (non-hydrogen) atoms. The van der Waals surface area contributed by atoms with Crippen LogP contribution in [0.3, 0.4) is 0 Å². The predicted molar refractivity (Wildman–Crippen MR) is 39.7 cm³/mol. The van der Waals surface area contributed by atoms with Crippen molar-refractivity contribution in [3.05, 3.63) is 6.07 Å². The fourth-order valence-corrected chi connectivity index (χ4v) is 1.14. The van der Waals surface area contributed by atoms with Gasteiger partial charge in [-0.2, -0.15) is 5.10 Å². The van der Waals surface area contributed by atoms with Gasteiger partial charge in [-0.3, -0.25) is 0 Å². The van der Waals surface area contributed by atoms with Crippen LogP contribution in [0, 0.1) is 0 Å². The third-order valence-electron chi connectivity index (χ3n) is 1.62. The van der Waals surface area contributed by atoms with Crippen molar-refractivity contribution in [1.29, 1.82) is 0 Å². The number of nitrogen functional groups attached to an aromatic ring is 1. The van der Waals surface area contributed by atoms with E-state index in [4.69, 9.17) is 13.7 Å². The molecule has 1 aromatic rings. The SMILES string of the molecule is [B]N1CCn2nc(N)cc21. The molecule has 5 heteroatoms. The third kappa shape index (κ3) is 0.601. The average Bonchev–Trinajstić information content (AvgIpc) is 2.35. The van der Waals surface area contributed by atoms with Crippen LogP contribution in [0.25, 0.3) is 0 Å². The number of rotatable bonds is 0.